The summed E-state index contributed by atoms with van der Waals surface area (Å²) in [5, 5.41) is 14.8. The van der Waals surface area contributed by atoms with Crippen molar-refractivity contribution < 1.29 is 69.9 Å². The zero-order valence-corrected chi connectivity index (χ0v) is 9.81. The fourth-order valence-electron chi connectivity index (χ4n) is 0.122. The van der Waals surface area contributed by atoms with Gasteiger partial charge in [-0.25, -0.2) is 9.59 Å². The molecule has 97 valence electrons. The van der Waals surface area contributed by atoms with Gasteiger partial charge in [-0.1, -0.05) is 0 Å². The normalized spacial score (nSPS) is 10.5. The average molecular weight is 319 g/mol. The predicted octanol–water partition coefficient (Wildman–Crippen LogP) is -4.19. The molecule has 0 amide bonds. The van der Waals surface area contributed by atoms with Gasteiger partial charge in [0, 0.05) is 17.1 Å². The summed E-state index contributed by atoms with van der Waals surface area (Å²) in [6, 6.07) is 0. The minimum Gasteiger partial charge on any atom is -0.790 e. The van der Waals surface area contributed by atoms with Crippen LogP contribution in [0.5, 0.6) is 0 Å². The van der Waals surface area contributed by atoms with E-state index in [0.717, 1.165) is 0 Å². The van der Waals surface area contributed by atoms with E-state index in [9.17, 15) is 28.7 Å². The second-order valence-electron chi connectivity index (χ2n) is 1.59. The number of hydrogen-bond donors (Lipinski definition) is 2. The number of phosphoric acid groups is 2. The summed E-state index contributed by atoms with van der Waals surface area (Å²) in [5.74, 6) is -3.65. The minimum absolute atomic E-state index is 0. The van der Waals surface area contributed by atoms with Crippen LogP contribution in [0.3, 0.4) is 0 Å². The van der Waals surface area contributed by atoms with E-state index in [0.29, 0.717) is 0 Å². The van der Waals surface area contributed by atoms with Gasteiger partial charge < -0.3 is 43.2 Å². The molecule has 0 aliphatic heterocycles. The SMILES string of the molecule is O=C(O)C(=O)O.O=P([O-])([O-])OP(=O)([O-])[O-].[Mn]. The maximum absolute atomic E-state index is 9.32. The smallest absolute Gasteiger partial charge is 0.414 e. The van der Waals surface area contributed by atoms with E-state index in [1.807, 2.05) is 0 Å². The van der Waals surface area contributed by atoms with Gasteiger partial charge in [0.05, 0.1) is 15.6 Å². The number of hydrogen-bond acceptors (Lipinski definition) is 9. The Hall–Kier alpha value is -0.281. The number of rotatable bonds is 2. The third-order valence-corrected chi connectivity index (χ3v) is 1.98. The maximum Gasteiger partial charge on any atom is 0.414 e. The largest absolute Gasteiger partial charge is 0.790 e. The predicted molar refractivity (Wildman–Crippen MR) is 31.6 cm³/mol. The molecule has 16 heavy (non-hydrogen) atoms. The Bertz CT molecular complexity index is 291. The van der Waals surface area contributed by atoms with Gasteiger partial charge in [-0.05, 0) is 0 Å². The monoisotopic (exact) mass is 319 g/mol. The zero-order valence-electron chi connectivity index (χ0n) is 6.84. The number of carbonyl (C=O) groups is 2. The van der Waals surface area contributed by atoms with Crippen LogP contribution in [0.1, 0.15) is 0 Å². The summed E-state index contributed by atoms with van der Waals surface area (Å²) < 4.78 is 21.2. The molecule has 0 rings (SSSR count). The molecular formula is C2H2MnO11P2-4. The Balaban J connectivity index is -0.000000214. The Morgan fingerprint density at radius 3 is 1.06 bits per heavy atom. The first-order valence-corrected chi connectivity index (χ1v) is 5.49. The summed E-state index contributed by atoms with van der Waals surface area (Å²) >= 11 is 0. The van der Waals surface area contributed by atoms with Crippen molar-refractivity contribution in [3.63, 3.8) is 0 Å². The van der Waals surface area contributed by atoms with Crippen molar-refractivity contribution in [2.24, 2.45) is 0 Å². The van der Waals surface area contributed by atoms with Gasteiger partial charge in [0.1, 0.15) is 0 Å². The van der Waals surface area contributed by atoms with Crippen molar-refractivity contribution in [3.05, 3.63) is 0 Å². The van der Waals surface area contributed by atoms with E-state index in [1.54, 1.807) is 0 Å². The number of carboxylic acid groups (broad SMARTS) is 2. The van der Waals surface area contributed by atoms with Crippen molar-refractivity contribution >= 4 is 27.6 Å². The number of carboxylic acids is 2. The molecule has 0 aliphatic rings. The third-order valence-electron chi connectivity index (χ3n) is 0.383. The van der Waals surface area contributed by atoms with Crippen molar-refractivity contribution in [3.8, 4) is 0 Å². The second kappa shape index (κ2) is 7.91. The van der Waals surface area contributed by atoms with Crippen molar-refractivity contribution in [1.82, 2.24) is 0 Å². The first-order chi connectivity index (χ1) is 6.35. The average Bonchev–Trinajstić information content (AvgIpc) is 1.78. The standard InChI is InChI=1S/C2H2O4.Mn.H4O7P2/c3-1(4)2(5)6;;1-8(2,3)7-9(4,5)6/h(H,3,4)(H,5,6);;(H2,1,2,3)(H2,4,5,6)/p-4. The van der Waals surface area contributed by atoms with Gasteiger partial charge in [-0.15, -0.1) is 0 Å². The van der Waals surface area contributed by atoms with E-state index in [2.05, 4.69) is 4.31 Å². The van der Waals surface area contributed by atoms with Crippen LogP contribution in [-0.4, -0.2) is 22.2 Å². The third kappa shape index (κ3) is 23.5. The molecular weight excluding hydrogens is 317 g/mol. The Morgan fingerprint density at radius 1 is 0.875 bits per heavy atom. The van der Waals surface area contributed by atoms with Crippen LogP contribution in [0.15, 0.2) is 0 Å². The summed E-state index contributed by atoms with van der Waals surface area (Å²) in [6.45, 7) is 0. The van der Waals surface area contributed by atoms with Gasteiger partial charge in [0.25, 0.3) is 0 Å². The molecule has 0 unspecified atom stereocenters. The first kappa shape index (κ1) is 21.1. The fourth-order valence-corrected chi connectivity index (χ4v) is 1.10. The van der Waals surface area contributed by atoms with Gasteiger partial charge >= 0.3 is 11.9 Å². The quantitative estimate of drug-likeness (QED) is 0.283. The molecule has 0 aromatic carbocycles. The molecule has 0 aromatic rings. The minimum atomic E-state index is -5.68. The Kier molecular flexibility index (Phi) is 10.4. The van der Waals surface area contributed by atoms with Crippen LogP contribution in [0.2, 0.25) is 0 Å². The zero-order chi connectivity index (χ0) is 12.9. The topological polar surface area (TPSA) is 210 Å². The molecule has 0 atom stereocenters. The molecule has 0 saturated heterocycles. The van der Waals surface area contributed by atoms with E-state index in [-0.39, 0.29) is 17.1 Å². The van der Waals surface area contributed by atoms with E-state index in [4.69, 9.17) is 19.8 Å². The van der Waals surface area contributed by atoms with Crippen LogP contribution in [-0.2, 0) is 40.1 Å². The molecule has 0 fully saturated rings. The van der Waals surface area contributed by atoms with Gasteiger partial charge in [0.2, 0.25) is 0 Å². The van der Waals surface area contributed by atoms with Gasteiger partial charge in [0.15, 0.2) is 0 Å². The molecule has 11 nitrogen and oxygen atoms in total. The van der Waals surface area contributed by atoms with E-state index < -0.39 is 27.6 Å². The summed E-state index contributed by atoms with van der Waals surface area (Å²) in [5.41, 5.74) is 0. The Labute approximate surface area is 98.0 Å². The van der Waals surface area contributed by atoms with Crippen LogP contribution in [0.25, 0.3) is 0 Å². The molecule has 0 spiro atoms. The van der Waals surface area contributed by atoms with Crippen molar-refractivity contribution in [2.45, 2.75) is 0 Å². The van der Waals surface area contributed by atoms with Crippen molar-refractivity contribution in [2.75, 3.05) is 0 Å². The molecule has 0 bridgehead atoms. The second-order valence-corrected chi connectivity index (χ2v) is 4.03. The van der Waals surface area contributed by atoms with Crippen molar-refractivity contribution in [1.29, 1.82) is 0 Å². The summed E-state index contributed by atoms with van der Waals surface area (Å²) in [6.07, 6.45) is 0. The molecule has 14 heteroatoms. The van der Waals surface area contributed by atoms with Crippen LogP contribution >= 0.6 is 15.6 Å². The Morgan fingerprint density at radius 2 is 1.06 bits per heavy atom. The summed E-state index contributed by atoms with van der Waals surface area (Å²) in [4.78, 5) is 55.5. The van der Waals surface area contributed by atoms with Crippen LogP contribution in [0, 0.1) is 0 Å². The molecule has 0 aliphatic carbocycles. The molecule has 0 saturated carbocycles. The van der Waals surface area contributed by atoms with Gasteiger partial charge in [-0.2, -0.15) is 0 Å². The fraction of sp³-hybridized carbons (Fsp3) is 0. The number of aliphatic carboxylic acids is 2. The molecule has 1 radical (unpaired) electrons. The summed E-state index contributed by atoms with van der Waals surface area (Å²) in [7, 11) is -11.4. The van der Waals surface area contributed by atoms with Crippen LogP contribution < -0.4 is 19.6 Å². The van der Waals surface area contributed by atoms with E-state index in [1.165, 1.54) is 0 Å². The maximum atomic E-state index is 9.32. The molecule has 0 heterocycles. The van der Waals surface area contributed by atoms with E-state index >= 15 is 0 Å². The first-order valence-electron chi connectivity index (χ1n) is 2.57. The van der Waals surface area contributed by atoms with Gasteiger partial charge in [-0.3, -0.25) is 0 Å². The molecule has 2 N–H and O–H groups in total. The van der Waals surface area contributed by atoms with Crippen LogP contribution in [0.4, 0.5) is 0 Å². The molecule has 0 aromatic heterocycles.